The summed E-state index contributed by atoms with van der Waals surface area (Å²) in [5, 5.41) is 0. The van der Waals surface area contributed by atoms with Crippen molar-refractivity contribution in [3.63, 3.8) is 0 Å². The fraction of sp³-hybridized carbons (Fsp3) is 0.267. The summed E-state index contributed by atoms with van der Waals surface area (Å²) < 4.78 is 0. The summed E-state index contributed by atoms with van der Waals surface area (Å²) in [7, 11) is 3.25. The Morgan fingerprint density at radius 1 is 1.19 bits per heavy atom. The molecule has 6 nitrogen and oxygen atoms in total. The minimum atomic E-state index is -0.213. The number of rotatable bonds is 2. The van der Waals surface area contributed by atoms with E-state index in [0.717, 1.165) is 5.56 Å². The van der Waals surface area contributed by atoms with Crippen LogP contribution in [-0.4, -0.2) is 47.3 Å². The first-order valence-corrected chi connectivity index (χ1v) is 6.71. The van der Waals surface area contributed by atoms with E-state index in [1.807, 2.05) is 30.3 Å². The lowest BCUT2D eigenvalue weighted by Crippen LogP contribution is -2.35. The molecule has 0 bridgehead atoms. The van der Waals surface area contributed by atoms with Crippen LogP contribution in [0.1, 0.15) is 21.9 Å². The number of nitrogens with zero attached hydrogens (tertiary/aromatic N) is 3. The lowest BCUT2D eigenvalue weighted by Gasteiger charge is -2.14. The van der Waals surface area contributed by atoms with Gasteiger partial charge in [0.2, 0.25) is 5.91 Å². The van der Waals surface area contributed by atoms with E-state index in [2.05, 4.69) is 9.97 Å². The smallest absolute Gasteiger partial charge is 0.274 e. The van der Waals surface area contributed by atoms with Gasteiger partial charge in [0.05, 0.1) is 0 Å². The molecule has 0 saturated heterocycles. The zero-order valence-corrected chi connectivity index (χ0v) is 12.0. The molecule has 0 fully saturated rings. The van der Waals surface area contributed by atoms with Crippen LogP contribution in [0.4, 0.5) is 5.82 Å². The molecule has 0 atom stereocenters. The van der Waals surface area contributed by atoms with Gasteiger partial charge in [-0.2, -0.15) is 0 Å². The molecule has 2 aromatic rings. The van der Waals surface area contributed by atoms with Crippen molar-refractivity contribution < 1.29 is 9.59 Å². The summed E-state index contributed by atoms with van der Waals surface area (Å²) in [6.07, 6.45) is 0.590. The van der Waals surface area contributed by atoms with Gasteiger partial charge >= 0.3 is 0 Å². The van der Waals surface area contributed by atoms with Crippen molar-refractivity contribution in [3.8, 4) is 0 Å². The molecule has 2 amide bonds. The Balaban J connectivity index is 1.97. The maximum atomic E-state index is 12.3. The minimum Gasteiger partial charge on any atom is -0.336 e. The molecule has 108 valence electrons. The fourth-order valence-corrected chi connectivity index (χ4v) is 2.37. The van der Waals surface area contributed by atoms with Crippen LogP contribution < -0.4 is 4.90 Å². The Hall–Kier alpha value is -2.63. The lowest BCUT2D eigenvalue weighted by molar-refractivity contribution is -0.118. The average molecular weight is 284 g/mol. The number of hydrogen-bond acceptors (Lipinski definition) is 3. The standard InChI is InChI=1S/C15H16N4O2/c1-18-9-12(20)19(2)14-13(15(18)21)16-11(17-14)8-10-6-4-3-5-7-10/h3-7H,8-9H2,1-2H3,(H,16,17). The van der Waals surface area contributed by atoms with Crippen LogP contribution in [0, 0.1) is 0 Å². The maximum absolute atomic E-state index is 12.3. The zero-order valence-electron chi connectivity index (χ0n) is 12.0. The summed E-state index contributed by atoms with van der Waals surface area (Å²) in [6, 6.07) is 9.86. The van der Waals surface area contributed by atoms with E-state index >= 15 is 0 Å². The van der Waals surface area contributed by atoms with E-state index in [1.165, 1.54) is 9.80 Å². The second kappa shape index (κ2) is 5.05. The predicted octanol–water partition coefficient (Wildman–Crippen LogP) is 1.05. The topological polar surface area (TPSA) is 69.3 Å². The summed E-state index contributed by atoms with van der Waals surface area (Å²) in [4.78, 5) is 34.6. The fourth-order valence-electron chi connectivity index (χ4n) is 2.37. The maximum Gasteiger partial charge on any atom is 0.274 e. The Kier molecular flexibility index (Phi) is 3.21. The zero-order chi connectivity index (χ0) is 15.0. The van der Waals surface area contributed by atoms with Gasteiger partial charge in [-0.3, -0.25) is 14.5 Å². The van der Waals surface area contributed by atoms with Crippen LogP contribution in [0.2, 0.25) is 0 Å². The van der Waals surface area contributed by atoms with Gasteiger partial charge in [-0.05, 0) is 5.56 Å². The van der Waals surface area contributed by atoms with Gasteiger partial charge in [0.15, 0.2) is 5.82 Å². The summed E-state index contributed by atoms with van der Waals surface area (Å²) in [6.45, 7) is 0.0630. The summed E-state index contributed by atoms with van der Waals surface area (Å²) in [5.74, 6) is 0.714. The predicted molar refractivity (Wildman–Crippen MR) is 78.2 cm³/mol. The van der Waals surface area contributed by atoms with E-state index < -0.39 is 0 Å². The van der Waals surface area contributed by atoms with E-state index in [9.17, 15) is 9.59 Å². The van der Waals surface area contributed by atoms with Crippen molar-refractivity contribution in [2.24, 2.45) is 0 Å². The molecule has 0 aliphatic carbocycles. The number of hydrogen-bond donors (Lipinski definition) is 1. The molecule has 1 aliphatic rings. The van der Waals surface area contributed by atoms with Crippen LogP contribution >= 0.6 is 0 Å². The Morgan fingerprint density at radius 2 is 1.90 bits per heavy atom. The normalized spacial score (nSPS) is 15.1. The Morgan fingerprint density at radius 3 is 2.62 bits per heavy atom. The van der Waals surface area contributed by atoms with Crippen molar-refractivity contribution >= 4 is 17.6 Å². The largest absolute Gasteiger partial charge is 0.336 e. The molecule has 1 N–H and O–H groups in total. The first kappa shape index (κ1) is 13.4. The number of anilines is 1. The monoisotopic (exact) mass is 284 g/mol. The molecular formula is C15H16N4O2. The number of amides is 2. The van der Waals surface area contributed by atoms with Gasteiger partial charge in [0.25, 0.3) is 5.91 Å². The highest BCUT2D eigenvalue weighted by Crippen LogP contribution is 2.22. The van der Waals surface area contributed by atoms with Crippen molar-refractivity contribution in [1.29, 1.82) is 0 Å². The second-order valence-electron chi connectivity index (χ2n) is 5.16. The van der Waals surface area contributed by atoms with Crippen LogP contribution in [0.3, 0.4) is 0 Å². The van der Waals surface area contributed by atoms with Gasteiger partial charge in [-0.1, -0.05) is 30.3 Å². The number of nitrogens with one attached hydrogen (secondary N) is 1. The third-order valence-corrected chi connectivity index (χ3v) is 3.57. The molecule has 0 radical (unpaired) electrons. The van der Waals surface area contributed by atoms with Gasteiger partial charge in [-0.25, -0.2) is 4.98 Å². The molecule has 0 saturated carbocycles. The van der Waals surface area contributed by atoms with E-state index in [4.69, 9.17) is 0 Å². The highest BCUT2D eigenvalue weighted by atomic mass is 16.2. The van der Waals surface area contributed by atoms with Crippen molar-refractivity contribution in [2.75, 3.05) is 25.5 Å². The Labute approximate surface area is 122 Å². The van der Waals surface area contributed by atoms with Gasteiger partial charge in [-0.15, -0.1) is 0 Å². The summed E-state index contributed by atoms with van der Waals surface area (Å²) >= 11 is 0. The molecule has 21 heavy (non-hydrogen) atoms. The van der Waals surface area contributed by atoms with E-state index in [1.54, 1.807) is 14.1 Å². The Bertz CT molecular complexity index is 693. The van der Waals surface area contributed by atoms with Crippen molar-refractivity contribution in [1.82, 2.24) is 14.9 Å². The van der Waals surface area contributed by atoms with Crippen LogP contribution in [0.5, 0.6) is 0 Å². The van der Waals surface area contributed by atoms with Gasteiger partial charge in [0, 0.05) is 20.5 Å². The second-order valence-corrected chi connectivity index (χ2v) is 5.16. The van der Waals surface area contributed by atoms with Gasteiger partial charge < -0.3 is 9.88 Å². The molecule has 0 unspecified atom stereocenters. The number of carbonyl (C=O) groups is 2. The number of aromatic amines is 1. The van der Waals surface area contributed by atoms with E-state index in [0.29, 0.717) is 23.8 Å². The number of likely N-dealkylation sites (N-methyl/N-ethyl adjacent to an activating group) is 2. The highest BCUT2D eigenvalue weighted by molar-refractivity contribution is 6.07. The minimum absolute atomic E-state index is 0.0630. The number of benzene rings is 1. The third-order valence-electron chi connectivity index (χ3n) is 3.57. The van der Waals surface area contributed by atoms with Crippen LogP contribution in [0.15, 0.2) is 30.3 Å². The van der Waals surface area contributed by atoms with E-state index in [-0.39, 0.29) is 18.4 Å². The molecule has 1 aromatic carbocycles. The summed E-state index contributed by atoms with van der Waals surface area (Å²) in [5.41, 5.74) is 1.47. The lowest BCUT2D eigenvalue weighted by atomic mass is 10.1. The molecular weight excluding hydrogens is 268 g/mol. The first-order valence-electron chi connectivity index (χ1n) is 6.71. The number of imidazole rings is 1. The molecule has 2 heterocycles. The quantitative estimate of drug-likeness (QED) is 0.896. The number of carbonyl (C=O) groups excluding carboxylic acids is 2. The number of aromatic nitrogens is 2. The third kappa shape index (κ3) is 2.40. The first-order chi connectivity index (χ1) is 10.1. The number of fused-ring (bicyclic) bond motifs is 1. The van der Waals surface area contributed by atoms with Crippen LogP contribution in [0.25, 0.3) is 0 Å². The van der Waals surface area contributed by atoms with Crippen LogP contribution in [-0.2, 0) is 11.2 Å². The number of H-pyrrole nitrogens is 1. The average Bonchev–Trinajstić information content (AvgIpc) is 2.87. The molecule has 1 aromatic heterocycles. The molecule has 3 rings (SSSR count). The highest BCUT2D eigenvalue weighted by Gasteiger charge is 2.31. The molecule has 6 heteroatoms. The molecule has 0 spiro atoms. The van der Waals surface area contributed by atoms with Gasteiger partial charge in [0.1, 0.15) is 18.1 Å². The SMILES string of the molecule is CN1CC(=O)N(C)c2nc(Cc3ccccc3)[nH]c2C1=O. The molecule has 1 aliphatic heterocycles. The van der Waals surface area contributed by atoms with Crippen molar-refractivity contribution in [3.05, 3.63) is 47.4 Å². The van der Waals surface area contributed by atoms with Crippen molar-refractivity contribution in [2.45, 2.75) is 6.42 Å².